The summed E-state index contributed by atoms with van der Waals surface area (Å²) in [6, 6.07) is 0. The predicted octanol–water partition coefficient (Wildman–Crippen LogP) is 0.260. The minimum Gasteiger partial charge on any atom is -0.388 e. The molecule has 22 valence electrons. The Bertz CT molecular complexity index is 6.00. The Morgan fingerprint density at radius 2 is 1.25 bits per heavy atom. The third kappa shape index (κ3) is 19.0. The number of rotatable bonds is 0. The molecule has 0 bridgehead atoms. The Kier molecular flexibility index (Phi) is 21.0. The summed E-state index contributed by atoms with van der Waals surface area (Å²) in [5, 5.41) is 0. The zero-order chi connectivity index (χ0) is 2.71. The maximum Gasteiger partial charge on any atom is 0.0351 e. The minimum atomic E-state index is 0. The molecule has 0 heterocycles. The van der Waals surface area contributed by atoms with E-state index in [9.17, 15) is 0 Å². The Balaban J connectivity index is 0. The van der Waals surface area contributed by atoms with Crippen LogP contribution in [0, 0.1) is 0 Å². The van der Waals surface area contributed by atoms with Crippen molar-refractivity contribution in [3.05, 3.63) is 0 Å². The summed E-state index contributed by atoms with van der Waals surface area (Å²) in [4.78, 5) is 0. The van der Waals surface area contributed by atoms with Crippen molar-refractivity contribution in [2.24, 2.45) is 0 Å². The molecule has 0 aromatic rings. The minimum absolute atomic E-state index is 0. The van der Waals surface area contributed by atoms with E-state index in [4.69, 9.17) is 0 Å². The summed E-state index contributed by atoms with van der Waals surface area (Å²) >= 11 is 0. The van der Waals surface area contributed by atoms with E-state index in [-0.39, 0.29) is 19.5 Å². The van der Waals surface area contributed by atoms with E-state index in [0.29, 0.717) is 0 Å². The molecule has 0 aliphatic rings. The smallest absolute Gasteiger partial charge is 0.0351 e. The van der Waals surface area contributed by atoms with Gasteiger partial charge in [-0.25, -0.2) is 0 Å². The molecule has 0 amide bonds. The van der Waals surface area contributed by atoms with Crippen LogP contribution in [0.3, 0.4) is 0 Å². The zero-order valence-corrected chi connectivity index (χ0v) is 6.08. The van der Waals surface area contributed by atoms with Gasteiger partial charge in [0, 0.05) is 33.7 Å². The van der Waals surface area contributed by atoms with Gasteiger partial charge in [0.1, 0.15) is 0 Å². The maximum absolute atomic E-state index is 4.25. The van der Waals surface area contributed by atoms with E-state index in [1.54, 1.807) is 14.2 Å². The summed E-state index contributed by atoms with van der Waals surface area (Å²) in [5.74, 6) is 0. The summed E-state index contributed by atoms with van der Waals surface area (Å²) < 4.78 is 4.25. The van der Waals surface area contributed by atoms with Crippen LogP contribution in [0.2, 0.25) is 0 Å². The SMILES string of the molecule is COC.[Zn]. The Morgan fingerprint density at radius 1 is 1.25 bits per heavy atom. The first-order valence-electron chi connectivity index (χ1n) is 0.816. The number of hydrogen-bond donors (Lipinski definition) is 0. The second-order valence-electron chi connectivity index (χ2n) is 0.408. The predicted molar refractivity (Wildman–Crippen MR) is 12.9 cm³/mol. The average Bonchev–Trinajstić information content (AvgIpc) is 0.918. The molecule has 0 N–H and O–H groups in total. The number of ether oxygens (including phenoxy) is 1. The van der Waals surface area contributed by atoms with Gasteiger partial charge in [-0.1, -0.05) is 0 Å². The van der Waals surface area contributed by atoms with Gasteiger partial charge >= 0.3 is 0 Å². The summed E-state index contributed by atoms with van der Waals surface area (Å²) in [6.45, 7) is 0. The monoisotopic (exact) mass is 110 g/mol. The van der Waals surface area contributed by atoms with Crippen LogP contribution in [-0.4, -0.2) is 14.2 Å². The van der Waals surface area contributed by atoms with Gasteiger partial charge in [0.15, 0.2) is 0 Å². The molecule has 4 heavy (non-hydrogen) atoms. The van der Waals surface area contributed by atoms with Gasteiger partial charge in [0.05, 0.1) is 0 Å². The quantitative estimate of drug-likeness (QED) is 0.408. The Morgan fingerprint density at radius 3 is 1.25 bits per heavy atom. The molecule has 2 heteroatoms. The molecule has 0 aromatic carbocycles. The normalized spacial score (nSPS) is 4.50. The first-order chi connectivity index (χ1) is 1.41. The molecule has 0 spiro atoms. The van der Waals surface area contributed by atoms with E-state index < -0.39 is 0 Å². The maximum atomic E-state index is 4.25. The van der Waals surface area contributed by atoms with Gasteiger partial charge in [-0.3, -0.25) is 0 Å². The van der Waals surface area contributed by atoms with Gasteiger partial charge in [0.25, 0.3) is 0 Å². The fourth-order valence-electron chi connectivity index (χ4n) is 0. The third-order valence-corrected chi connectivity index (χ3v) is 0. The second kappa shape index (κ2) is 9.54. The van der Waals surface area contributed by atoms with Crippen LogP contribution in [0.5, 0.6) is 0 Å². The molecule has 0 saturated carbocycles. The fraction of sp³-hybridized carbons (Fsp3) is 1.00. The van der Waals surface area contributed by atoms with Crippen molar-refractivity contribution < 1.29 is 24.2 Å². The van der Waals surface area contributed by atoms with Crippen molar-refractivity contribution in [2.45, 2.75) is 0 Å². The van der Waals surface area contributed by atoms with E-state index in [0.717, 1.165) is 0 Å². The standard InChI is InChI=1S/C2H6O.Zn/c1-3-2;/h1-2H3;. The van der Waals surface area contributed by atoms with Crippen molar-refractivity contribution in [3.8, 4) is 0 Å². The fourth-order valence-corrected chi connectivity index (χ4v) is 0. The molecule has 0 atom stereocenters. The molecule has 0 radical (unpaired) electrons. The van der Waals surface area contributed by atoms with E-state index in [1.165, 1.54) is 0 Å². The van der Waals surface area contributed by atoms with Crippen molar-refractivity contribution in [1.29, 1.82) is 0 Å². The molecule has 0 saturated heterocycles. The van der Waals surface area contributed by atoms with Gasteiger partial charge in [-0.2, -0.15) is 0 Å². The molecule has 0 fully saturated rings. The third-order valence-electron chi connectivity index (χ3n) is 0. The first-order valence-corrected chi connectivity index (χ1v) is 0.816. The molecular formula is C2H6OZn. The van der Waals surface area contributed by atoms with E-state index >= 15 is 0 Å². The molecule has 0 unspecified atom stereocenters. The summed E-state index contributed by atoms with van der Waals surface area (Å²) in [5.41, 5.74) is 0. The molecule has 0 aliphatic carbocycles. The molecular weight excluding hydrogens is 105 g/mol. The average molecular weight is 111 g/mol. The van der Waals surface area contributed by atoms with Crippen molar-refractivity contribution in [2.75, 3.05) is 14.2 Å². The van der Waals surface area contributed by atoms with Gasteiger partial charge in [-0.05, 0) is 0 Å². The van der Waals surface area contributed by atoms with Crippen molar-refractivity contribution in [3.63, 3.8) is 0 Å². The van der Waals surface area contributed by atoms with Crippen molar-refractivity contribution >= 4 is 0 Å². The van der Waals surface area contributed by atoms with E-state index in [1.807, 2.05) is 0 Å². The van der Waals surface area contributed by atoms with Crippen LogP contribution in [0.15, 0.2) is 0 Å². The van der Waals surface area contributed by atoms with Gasteiger partial charge < -0.3 is 4.74 Å². The Labute approximate surface area is 39.1 Å². The van der Waals surface area contributed by atoms with Crippen LogP contribution in [0.25, 0.3) is 0 Å². The molecule has 0 aromatic heterocycles. The van der Waals surface area contributed by atoms with Crippen molar-refractivity contribution in [1.82, 2.24) is 0 Å². The number of methoxy groups -OCH3 is 1. The summed E-state index contributed by atoms with van der Waals surface area (Å²) in [7, 11) is 3.25. The van der Waals surface area contributed by atoms with Crippen LogP contribution in [0.1, 0.15) is 0 Å². The molecule has 0 rings (SSSR count). The number of hydrogen-bond acceptors (Lipinski definition) is 1. The first kappa shape index (κ1) is 8.82. The van der Waals surface area contributed by atoms with Crippen LogP contribution in [-0.2, 0) is 24.2 Å². The summed E-state index contributed by atoms with van der Waals surface area (Å²) in [6.07, 6.45) is 0. The zero-order valence-electron chi connectivity index (χ0n) is 3.12. The molecule has 0 aliphatic heterocycles. The largest absolute Gasteiger partial charge is 0.388 e. The Hall–Kier alpha value is 0.583. The van der Waals surface area contributed by atoms with Gasteiger partial charge in [0.2, 0.25) is 0 Å². The topological polar surface area (TPSA) is 9.23 Å². The van der Waals surface area contributed by atoms with Crippen LogP contribution in [0.4, 0.5) is 0 Å². The second-order valence-corrected chi connectivity index (χ2v) is 0.408. The molecule has 1 nitrogen and oxygen atoms in total. The van der Waals surface area contributed by atoms with Crippen LogP contribution < -0.4 is 0 Å². The van der Waals surface area contributed by atoms with E-state index in [2.05, 4.69) is 4.74 Å². The van der Waals surface area contributed by atoms with Gasteiger partial charge in [-0.15, -0.1) is 0 Å². The van der Waals surface area contributed by atoms with Crippen LogP contribution >= 0.6 is 0 Å².